The highest BCUT2D eigenvalue weighted by molar-refractivity contribution is 6.21. The Morgan fingerprint density at radius 2 is 1.50 bits per heavy atom. The van der Waals surface area contributed by atoms with Gasteiger partial charge in [-0.1, -0.05) is 50.2 Å². The molecule has 146 valence electrons. The molecule has 28 heavy (non-hydrogen) atoms. The number of carbonyl (C=O) groups excluding carboxylic acids is 3. The number of imide groups is 1. The first-order chi connectivity index (χ1) is 13.2. The van der Waals surface area contributed by atoms with E-state index in [2.05, 4.69) is 13.8 Å². The highest BCUT2D eigenvalue weighted by Crippen LogP contribution is 2.29. The van der Waals surface area contributed by atoms with Crippen molar-refractivity contribution in [2.45, 2.75) is 39.2 Å². The molecule has 3 rings (SSSR count). The number of nitrogens with zero attached hydrogens (tertiary/aromatic N) is 1. The Kier molecular flexibility index (Phi) is 5.47. The third-order valence-corrected chi connectivity index (χ3v) is 4.99. The van der Waals surface area contributed by atoms with Crippen LogP contribution in [0.5, 0.6) is 0 Å². The molecule has 0 saturated carbocycles. The summed E-state index contributed by atoms with van der Waals surface area (Å²) in [6.45, 7) is 7.69. The van der Waals surface area contributed by atoms with Crippen molar-refractivity contribution in [3.05, 3.63) is 70.8 Å². The SMILES string of the molecule is CC(C)c1ccc(C(=O)COCC(C)(C)N2C(=O)c3ccccc3C2=O)cc1. The molecule has 0 fully saturated rings. The van der Waals surface area contributed by atoms with Crippen LogP contribution in [-0.4, -0.2) is 41.3 Å². The van der Waals surface area contributed by atoms with Crippen molar-refractivity contribution < 1.29 is 19.1 Å². The van der Waals surface area contributed by atoms with Crippen LogP contribution in [0.15, 0.2) is 48.5 Å². The Balaban J connectivity index is 1.62. The molecule has 0 unspecified atom stereocenters. The first kappa shape index (κ1) is 20.0. The van der Waals surface area contributed by atoms with Crippen molar-refractivity contribution in [1.82, 2.24) is 4.90 Å². The third-order valence-electron chi connectivity index (χ3n) is 4.99. The predicted molar refractivity (Wildman–Crippen MR) is 107 cm³/mol. The van der Waals surface area contributed by atoms with Gasteiger partial charge in [-0.25, -0.2) is 0 Å². The molecule has 0 aliphatic carbocycles. The molecule has 0 radical (unpaired) electrons. The van der Waals surface area contributed by atoms with Gasteiger partial charge in [0.1, 0.15) is 6.61 Å². The number of hydrogen-bond donors (Lipinski definition) is 0. The van der Waals surface area contributed by atoms with E-state index in [0.717, 1.165) is 0 Å². The first-order valence-electron chi connectivity index (χ1n) is 9.41. The summed E-state index contributed by atoms with van der Waals surface area (Å²) in [6.07, 6.45) is 0. The van der Waals surface area contributed by atoms with Crippen LogP contribution in [0.1, 0.15) is 70.3 Å². The minimum atomic E-state index is -0.866. The largest absolute Gasteiger partial charge is 0.371 e. The molecule has 1 heterocycles. The van der Waals surface area contributed by atoms with Gasteiger partial charge in [-0.05, 0) is 37.5 Å². The fourth-order valence-corrected chi connectivity index (χ4v) is 3.33. The van der Waals surface area contributed by atoms with Gasteiger partial charge in [-0.2, -0.15) is 0 Å². The Morgan fingerprint density at radius 3 is 2.00 bits per heavy atom. The van der Waals surface area contributed by atoms with E-state index in [4.69, 9.17) is 4.74 Å². The van der Waals surface area contributed by atoms with Crippen LogP contribution in [0.4, 0.5) is 0 Å². The molecule has 5 heteroatoms. The Morgan fingerprint density at radius 1 is 0.964 bits per heavy atom. The van der Waals surface area contributed by atoms with Crippen molar-refractivity contribution in [3.8, 4) is 0 Å². The average molecular weight is 379 g/mol. The normalized spacial score (nSPS) is 14.0. The summed E-state index contributed by atoms with van der Waals surface area (Å²) >= 11 is 0. The number of Topliss-reactive ketones (excluding diaryl/α,β-unsaturated/α-hetero) is 1. The summed E-state index contributed by atoms with van der Waals surface area (Å²) in [6, 6.07) is 14.3. The van der Waals surface area contributed by atoms with E-state index in [1.54, 1.807) is 50.2 Å². The van der Waals surface area contributed by atoms with Crippen molar-refractivity contribution in [2.75, 3.05) is 13.2 Å². The van der Waals surface area contributed by atoms with Gasteiger partial charge in [0, 0.05) is 5.56 Å². The van der Waals surface area contributed by atoms with Crippen molar-refractivity contribution in [1.29, 1.82) is 0 Å². The molecule has 0 spiro atoms. The van der Waals surface area contributed by atoms with Crippen LogP contribution >= 0.6 is 0 Å². The van der Waals surface area contributed by atoms with Crippen LogP contribution in [0.25, 0.3) is 0 Å². The van der Waals surface area contributed by atoms with Crippen molar-refractivity contribution >= 4 is 17.6 Å². The molecule has 2 amide bonds. The zero-order valence-corrected chi connectivity index (χ0v) is 16.7. The molecular formula is C23H25NO4. The van der Waals surface area contributed by atoms with Crippen LogP contribution in [0, 0.1) is 0 Å². The lowest BCUT2D eigenvalue weighted by Gasteiger charge is -2.33. The lowest BCUT2D eigenvalue weighted by atomic mass is 10.0. The van der Waals surface area contributed by atoms with Crippen LogP contribution < -0.4 is 0 Å². The second-order valence-electron chi connectivity index (χ2n) is 8.00. The number of hydrogen-bond acceptors (Lipinski definition) is 4. The molecule has 2 aromatic rings. The Bertz CT molecular complexity index is 877. The summed E-state index contributed by atoms with van der Waals surface area (Å²) < 4.78 is 5.60. The van der Waals surface area contributed by atoms with Gasteiger partial charge in [0.2, 0.25) is 0 Å². The van der Waals surface area contributed by atoms with Crippen LogP contribution in [0.3, 0.4) is 0 Å². The predicted octanol–water partition coefficient (Wildman–Crippen LogP) is 4.08. The molecular weight excluding hydrogens is 354 g/mol. The van der Waals surface area contributed by atoms with Gasteiger partial charge in [-0.15, -0.1) is 0 Å². The number of benzene rings is 2. The Hall–Kier alpha value is -2.79. The van der Waals surface area contributed by atoms with E-state index in [1.807, 2.05) is 12.1 Å². The van der Waals surface area contributed by atoms with Gasteiger partial charge in [0.05, 0.1) is 23.3 Å². The van der Waals surface area contributed by atoms with Gasteiger partial charge in [0.15, 0.2) is 5.78 Å². The molecule has 0 aromatic heterocycles. The van der Waals surface area contributed by atoms with Gasteiger partial charge < -0.3 is 4.74 Å². The van der Waals surface area contributed by atoms with Gasteiger partial charge in [-0.3, -0.25) is 19.3 Å². The monoisotopic (exact) mass is 379 g/mol. The van der Waals surface area contributed by atoms with E-state index < -0.39 is 5.54 Å². The molecule has 0 atom stereocenters. The minimum Gasteiger partial charge on any atom is -0.371 e. The zero-order valence-electron chi connectivity index (χ0n) is 16.7. The summed E-state index contributed by atoms with van der Waals surface area (Å²) in [5.41, 5.74) is 1.70. The van der Waals surface area contributed by atoms with Crippen LogP contribution in [0.2, 0.25) is 0 Å². The maximum absolute atomic E-state index is 12.6. The second-order valence-corrected chi connectivity index (χ2v) is 8.00. The first-order valence-corrected chi connectivity index (χ1v) is 9.41. The molecule has 2 aromatic carbocycles. The molecule has 0 N–H and O–H groups in total. The minimum absolute atomic E-state index is 0.0777. The fraction of sp³-hybridized carbons (Fsp3) is 0.348. The molecule has 0 saturated heterocycles. The number of fused-ring (bicyclic) bond motifs is 1. The topological polar surface area (TPSA) is 63.7 Å². The summed E-state index contributed by atoms with van der Waals surface area (Å²) in [7, 11) is 0. The maximum atomic E-state index is 12.6. The van der Waals surface area contributed by atoms with E-state index >= 15 is 0 Å². The van der Waals surface area contributed by atoms with Gasteiger partial charge >= 0.3 is 0 Å². The van der Waals surface area contributed by atoms with E-state index in [0.29, 0.717) is 22.6 Å². The third kappa shape index (κ3) is 3.76. The summed E-state index contributed by atoms with van der Waals surface area (Å²) in [5.74, 6) is -0.385. The second kappa shape index (κ2) is 7.68. The average Bonchev–Trinajstić information content (AvgIpc) is 2.93. The highest BCUT2D eigenvalue weighted by Gasteiger charge is 2.44. The summed E-state index contributed by atoms with van der Waals surface area (Å²) in [5, 5.41) is 0. The number of rotatable bonds is 7. The standard InChI is InChI=1S/C23H25NO4/c1-15(2)16-9-11-17(12-10-16)20(25)13-28-14-23(3,4)24-21(26)18-7-5-6-8-19(18)22(24)27/h5-12,15H,13-14H2,1-4H3. The van der Waals surface area contributed by atoms with Crippen molar-refractivity contribution in [2.24, 2.45) is 0 Å². The number of ketones is 1. The van der Waals surface area contributed by atoms with Gasteiger partial charge in [0.25, 0.3) is 11.8 Å². The number of ether oxygens (including phenoxy) is 1. The molecule has 0 bridgehead atoms. The Labute approximate surface area is 165 Å². The maximum Gasteiger partial charge on any atom is 0.262 e. The van der Waals surface area contributed by atoms with E-state index in [-0.39, 0.29) is 30.8 Å². The highest BCUT2D eigenvalue weighted by atomic mass is 16.5. The lowest BCUT2D eigenvalue weighted by molar-refractivity contribution is 0.0179. The van der Waals surface area contributed by atoms with Crippen LogP contribution in [-0.2, 0) is 4.74 Å². The number of amides is 2. The zero-order chi connectivity index (χ0) is 20.5. The number of carbonyl (C=O) groups is 3. The summed E-state index contributed by atoms with van der Waals surface area (Å²) in [4.78, 5) is 38.9. The van der Waals surface area contributed by atoms with E-state index in [9.17, 15) is 14.4 Å². The lowest BCUT2D eigenvalue weighted by Crippen LogP contribution is -2.50. The molecule has 1 aliphatic rings. The molecule has 1 aliphatic heterocycles. The molecule has 5 nitrogen and oxygen atoms in total. The smallest absolute Gasteiger partial charge is 0.262 e. The van der Waals surface area contributed by atoms with E-state index in [1.165, 1.54) is 10.5 Å². The fourth-order valence-electron chi connectivity index (χ4n) is 3.33. The van der Waals surface area contributed by atoms with Crippen molar-refractivity contribution in [3.63, 3.8) is 0 Å². The quantitative estimate of drug-likeness (QED) is 0.537.